The number of benzene rings is 2. The number of aryl methyl sites for hydroxylation is 1. The van der Waals surface area contributed by atoms with Gasteiger partial charge in [0.25, 0.3) is 0 Å². The van der Waals surface area contributed by atoms with Gasteiger partial charge in [0.2, 0.25) is 5.91 Å². The first-order valence-electron chi connectivity index (χ1n) is 6.85. The van der Waals surface area contributed by atoms with E-state index < -0.39 is 0 Å². The Kier molecular flexibility index (Phi) is 4.77. The van der Waals surface area contributed by atoms with Crippen molar-refractivity contribution < 1.29 is 4.79 Å². The van der Waals surface area contributed by atoms with Crippen LogP contribution >= 0.6 is 0 Å². The van der Waals surface area contributed by atoms with Gasteiger partial charge in [-0.15, -0.1) is 0 Å². The van der Waals surface area contributed by atoms with E-state index in [0.29, 0.717) is 0 Å². The van der Waals surface area contributed by atoms with Gasteiger partial charge in [-0.05, 0) is 36.2 Å². The fraction of sp³-hybridized carbons (Fsp3) is 0.235. The molecular weight excluding hydrogens is 248 g/mol. The molecule has 0 spiro atoms. The quantitative estimate of drug-likeness (QED) is 0.902. The second-order valence-electron chi connectivity index (χ2n) is 4.69. The van der Waals surface area contributed by atoms with E-state index in [4.69, 9.17) is 0 Å². The number of nitrogens with one attached hydrogen (secondary N) is 1. The lowest BCUT2D eigenvalue weighted by atomic mass is 10.1. The van der Waals surface area contributed by atoms with Crippen LogP contribution in [0, 0.1) is 0 Å². The number of para-hydroxylation sites is 1. The van der Waals surface area contributed by atoms with Crippen molar-refractivity contribution in [2.24, 2.45) is 0 Å². The molecule has 2 aromatic rings. The van der Waals surface area contributed by atoms with Gasteiger partial charge in [-0.25, -0.2) is 0 Å². The van der Waals surface area contributed by atoms with Gasteiger partial charge in [-0.3, -0.25) is 4.79 Å². The molecule has 3 nitrogen and oxygen atoms in total. The zero-order chi connectivity index (χ0) is 14.4. The Morgan fingerprint density at radius 3 is 2.30 bits per heavy atom. The highest BCUT2D eigenvalue weighted by Gasteiger charge is 2.09. The number of hydrogen-bond donors (Lipinski definition) is 1. The fourth-order valence-corrected chi connectivity index (χ4v) is 1.95. The summed E-state index contributed by atoms with van der Waals surface area (Å²) in [5.74, 6) is 0.0377. The number of likely N-dealkylation sites (N-methyl/N-ethyl adjacent to an activating group) is 1. The summed E-state index contributed by atoms with van der Waals surface area (Å²) in [6.45, 7) is 2.41. The van der Waals surface area contributed by atoms with Crippen molar-refractivity contribution in [1.29, 1.82) is 0 Å². The Hall–Kier alpha value is -2.29. The van der Waals surface area contributed by atoms with Crippen LogP contribution in [0.2, 0.25) is 0 Å². The van der Waals surface area contributed by atoms with Crippen LogP contribution in [-0.4, -0.2) is 19.5 Å². The summed E-state index contributed by atoms with van der Waals surface area (Å²) in [5, 5.41) is 3.16. The predicted molar refractivity (Wildman–Crippen MR) is 84.2 cm³/mol. The number of hydrogen-bond acceptors (Lipinski definition) is 2. The molecule has 2 aromatic carbocycles. The SMILES string of the molecule is CCc1ccc(NCC(=O)N(C)c2ccccc2)cc1. The van der Waals surface area contributed by atoms with Gasteiger partial charge in [0.15, 0.2) is 0 Å². The summed E-state index contributed by atoms with van der Waals surface area (Å²) < 4.78 is 0. The first kappa shape index (κ1) is 14.1. The van der Waals surface area contributed by atoms with E-state index >= 15 is 0 Å². The molecule has 0 heterocycles. The molecule has 1 N–H and O–H groups in total. The molecule has 3 heteroatoms. The third-order valence-electron chi connectivity index (χ3n) is 3.32. The highest BCUT2D eigenvalue weighted by molar-refractivity contribution is 5.95. The van der Waals surface area contributed by atoms with Crippen molar-refractivity contribution >= 4 is 17.3 Å². The van der Waals surface area contributed by atoms with E-state index in [1.165, 1.54) is 5.56 Å². The lowest BCUT2D eigenvalue weighted by Crippen LogP contribution is -2.32. The van der Waals surface area contributed by atoms with Crippen molar-refractivity contribution in [1.82, 2.24) is 0 Å². The highest BCUT2D eigenvalue weighted by Crippen LogP contribution is 2.12. The summed E-state index contributed by atoms with van der Waals surface area (Å²) in [4.78, 5) is 13.8. The van der Waals surface area contributed by atoms with Crippen molar-refractivity contribution in [3.8, 4) is 0 Å². The molecule has 0 saturated heterocycles. The minimum absolute atomic E-state index is 0.0377. The number of nitrogens with zero attached hydrogens (tertiary/aromatic N) is 1. The second-order valence-corrected chi connectivity index (χ2v) is 4.69. The lowest BCUT2D eigenvalue weighted by molar-refractivity contribution is -0.116. The summed E-state index contributed by atoms with van der Waals surface area (Å²) >= 11 is 0. The van der Waals surface area contributed by atoms with Crippen LogP contribution < -0.4 is 10.2 Å². The molecule has 2 rings (SSSR count). The minimum atomic E-state index is 0.0377. The predicted octanol–water partition coefficient (Wildman–Crippen LogP) is 3.32. The molecule has 0 fully saturated rings. The second kappa shape index (κ2) is 6.75. The van der Waals surface area contributed by atoms with Gasteiger partial charge in [0, 0.05) is 18.4 Å². The molecule has 0 aromatic heterocycles. The molecule has 0 aliphatic rings. The van der Waals surface area contributed by atoms with E-state index in [1.807, 2.05) is 42.5 Å². The van der Waals surface area contributed by atoms with Gasteiger partial charge >= 0.3 is 0 Å². The average Bonchev–Trinajstić information content (AvgIpc) is 2.53. The zero-order valence-corrected chi connectivity index (χ0v) is 12.0. The van der Waals surface area contributed by atoms with E-state index in [0.717, 1.165) is 17.8 Å². The topological polar surface area (TPSA) is 32.3 Å². The smallest absolute Gasteiger partial charge is 0.246 e. The average molecular weight is 268 g/mol. The van der Waals surface area contributed by atoms with Crippen LogP contribution in [0.3, 0.4) is 0 Å². The van der Waals surface area contributed by atoms with E-state index in [9.17, 15) is 4.79 Å². The number of anilines is 2. The molecule has 0 radical (unpaired) electrons. The van der Waals surface area contributed by atoms with E-state index in [-0.39, 0.29) is 12.5 Å². The number of carbonyl (C=O) groups is 1. The molecule has 0 saturated carbocycles. The summed E-state index contributed by atoms with van der Waals surface area (Å²) in [5.41, 5.74) is 3.17. The van der Waals surface area contributed by atoms with E-state index in [2.05, 4.69) is 24.4 Å². The fourth-order valence-electron chi connectivity index (χ4n) is 1.95. The maximum absolute atomic E-state index is 12.1. The number of carbonyl (C=O) groups excluding carboxylic acids is 1. The molecule has 1 amide bonds. The molecule has 0 unspecified atom stereocenters. The van der Waals surface area contributed by atoms with Crippen LogP contribution in [0.15, 0.2) is 54.6 Å². The Labute approximate surface area is 120 Å². The van der Waals surface area contributed by atoms with Gasteiger partial charge in [-0.1, -0.05) is 37.3 Å². The standard InChI is InChI=1S/C17H20N2O/c1-3-14-9-11-15(12-10-14)18-13-17(20)19(2)16-7-5-4-6-8-16/h4-12,18H,3,13H2,1-2H3. The van der Waals surface area contributed by atoms with Gasteiger partial charge in [-0.2, -0.15) is 0 Å². The monoisotopic (exact) mass is 268 g/mol. The van der Waals surface area contributed by atoms with Crippen LogP contribution in [0.1, 0.15) is 12.5 Å². The first-order valence-corrected chi connectivity index (χ1v) is 6.85. The van der Waals surface area contributed by atoms with Crippen LogP contribution in [0.25, 0.3) is 0 Å². The highest BCUT2D eigenvalue weighted by atomic mass is 16.2. The molecule has 0 aliphatic carbocycles. The minimum Gasteiger partial charge on any atom is -0.376 e. The molecule has 20 heavy (non-hydrogen) atoms. The molecule has 104 valence electrons. The first-order chi connectivity index (χ1) is 9.70. The number of rotatable bonds is 5. The van der Waals surface area contributed by atoms with Crippen molar-refractivity contribution in [3.05, 3.63) is 60.2 Å². The number of amides is 1. The normalized spacial score (nSPS) is 10.1. The van der Waals surface area contributed by atoms with Crippen molar-refractivity contribution in [3.63, 3.8) is 0 Å². The van der Waals surface area contributed by atoms with Gasteiger partial charge in [0.1, 0.15) is 0 Å². The Morgan fingerprint density at radius 1 is 1.05 bits per heavy atom. The maximum Gasteiger partial charge on any atom is 0.246 e. The molecule has 0 atom stereocenters. The van der Waals surface area contributed by atoms with Crippen LogP contribution in [0.5, 0.6) is 0 Å². The summed E-state index contributed by atoms with van der Waals surface area (Å²) in [7, 11) is 1.79. The third-order valence-corrected chi connectivity index (χ3v) is 3.32. The Balaban J connectivity index is 1.91. The van der Waals surface area contributed by atoms with Gasteiger partial charge in [0.05, 0.1) is 6.54 Å². The van der Waals surface area contributed by atoms with Gasteiger partial charge < -0.3 is 10.2 Å². The zero-order valence-electron chi connectivity index (χ0n) is 12.0. The van der Waals surface area contributed by atoms with E-state index in [1.54, 1.807) is 11.9 Å². The lowest BCUT2D eigenvalue weighted by Gasteiger charge is -2.18. The molecular formula is C17H20N2O. The third kappa shape index (κ3) is 3.60. The van der Waals surface area contributed by atoms with Crippen LogP contribution in [-0.2, 0) is 11.2 Å². The van der Waals surface area contributed by atoms with Crippen LogP contribution in [0.4, 0.5) is 11.4 Å². The summed E-state index contributed by atoms with van der Waals surface area (Å²) in [6.07, 6.45) is 1.02. The maximum atomic E-state index is 12.1. The largest absolute Gasteiger partial charge is 0.376 e. The van der Waals surface area contributed by atoms with Crippen molar-refractivity contribution in [2.45, 2.75) is 13.3 Å². The molecule has 0 bridgehead atoms. The Morgan fingerprint density at radius 2 is 1.70 bits per heavy atom. The van der Waals surface area contributed by atoms with Crippen molar-refractivity contribution in [2.75, 3.05) is 23.8 Å². The Bertz CT molecular complexity index is 549. The molecule has 0 aliphatic heterocycles. The summed E-state index contributed by atoms with van der Waals surface area (Å²) in [6, 6.07) is 17.8.